The summed E-state index contributed by atoms with van der Waals surface area (Å²) in [4.78, 5) is 13.1. The quantitative estimate of drug-likeness (QED) is 0.809. The fourth-order valence-corrected chi connectivity index (χ4v) is 2.91. The van der Waals surface area contributed by atoms with Crippen molar-refractivity contribution < 1.29 is 4.79 Å². The molecule has 0 fully saturated rings. The summed E-state index contributed by atoms with van der Waals surface area (Å²) >= 11 is 7.38. The number of benzene rings is 2. The summed E-state index contributed by atoms with van der Waals surface area (Å²) in [5.74, 6) is 0.0610. The van der Waals surface area contributed by atoms with Gasteiger partial charge in [-0.1, -0.05) is 41.9 Å². The molecule has 1 amide bonds. The minimum atomic E-state index is -0.123. The molecule has 0 radical (unpaired) electrons. The monoisotopic (exact) mass is 319 g/mol. The van der Waals surface area contributed by atoms with Crippen molar-refractivity contribution in [3.63, 3.8) is 0 Å². The molecule has 0 aliphatic heterocycles. The lowest BCUT2D eigenvalue weighted by atomic mass is 10.1. The first-order valence-electron chi connectivity index (χ1n) is 6.89. The molecule has 110 valence electrons. The number of hydrogen-bond acceptors (Lipinski definition) is 2. The fourth-order valence-electron chi connectivity index (χ4n) is 1.89. The molecule has 2 rings (SSSR count). The molecule has 0 aliphatic carbocycles. The molecule has 0 aromatic heterocycles. The van der Waals surface area contributed by atoms with Gasteiger partial charge in [-0.15, -0.1) is 11.8 Å². The summed E-state index contributed by atoms with van der Waals surface area (Å²) in [5, 5.41) is 3.56. The molecule has 2 aromatic carbocycles. The minimum absolute atomic E-state index is 0.0610. The van der Waals surface area contributed by atoms with E-state index in [1.54, 1.807) is 0 Å². The van der Waals surface area contributed by atoms with Gasteiger partial charge in [0.2, 0.25) is 5.91 Å². The molecule has 0 spiro atoms. The van der Waals surface area contributed by atoms with Crippen molar-refractivity contribution >= 4 is 29.3 Å². The molecule has 1 atom stereocenters. The highest BCUT2D eigenvalue weighted by atomic mass is 35.5. The van der Waals surface area contributed by atoms with Crippen LogP contribution in [0.5, 0.6) is 0 Å². The van der Waals surface area contributed by atoms with Crippen molar-refractivity contribution in [2.45, 2.75) is 23.5 Å². The van der Waals surface area contributed by atoms with Crippen LogP contribution in [0.3, 0.4) is 0 Å². The number of hydrogen-bond donors (Lipinski definition) is 1. The fraction of sp³-hybridized carbons (Fsp3) is 0.235. The lowest BCUT2D eigenvalue weighted by Crippen LogP contribution is -2.32. The Morgan fingerprint density at radius 2 is 1.81 bits per heavy atom. The van der Waals surface area contributed by atoms with E-state index in [-0.39, 0.29) is 11.2 Å². The van der Waals surface area contributed by atoms with Crippen LogP contribution in [0.25, 0.3) is 0 Å². The van der Waals surface area contributed by atoms with Crippen LogP contribution in [-0.4, -0.2) is 17.7 Å². The first-order valence-corrected chi connectivity index (χ1v) is 8.15. The maximum atomic E-state index is 12.0. The highest BCUT2D eigenvalue weighted by Gasteiger charge is 2.13. The molecule has 1 N–H and O–H groups in total. The summed E-state index contributed by atoms with van der Waals surface area (Å²) in [7, 11) is 0. The average Bonchev–Trinajstić information content (AvgIpc) is 2.50. The van der Waals surface area contributed by atoms with Gasteiger partial charge in [0.05, 0.1) is 5.25 Å². The number of amides is 1. The van der Waals surface area contributed by atoms with E-state index in [4.69, 9.17) is 11.6 Å². The molecule has 1 unspecified atom stereocenters. The lowest BCUT2D eigenvalue weighted by molar-refractivity contribution is -0.120. The highest BCUT2D eigenvalue weighted by molar-refractivity contribution is 8.00. The van der Waals surface area contributed by atoms with E-state index in [1.165, 1.54) is 17.3 Å². The third kappa shape index (κ3) is 5.44. The molecular weight excluding hydrogens is 302 g/mol. The third-order valence-corrected chi connectivity index (χ3v) is 4.42. The number of thioether (sulfide) groups is 1. The summed E-state index contributed by atoms with van der Waals surface area (Å²) in [5.41, 5.74) is 1.23. The molecular formula is C17H18ClNOS. The molecule has 0 bridgehead atoms. The van der Waals surface area contributed by atoms with Crippen LogP contribution in [0.4, 0.5) is 0 Å². The van der Waals surface area contributed by atoms with Crippen molar-refractivity contribution in [1.29, 1.82) is 0 Å². The Morgan fingerprint density at radius 3 is 2.48 bits per heavy atom. The second-order valence-electron chi connectivity index (χ2n) is 4.74. The van der Waals surface area contributed by atoms with E-state index in [1.807, 2.05) is 49.4 Å². The van der Waals surface area contributed by atoms with Crippen LogP contribution in [-0.2, 0) is 11.2 Å². The van der Waals surface area contributed by atoms with Crippen LogP contribution < -0.4 is 5.32 Å². The third-order valence-electron chi connectivity index (χ3n) is 3.05. The van der Waals surface area contributed by atoms with Crippen LogP contribution in [0.1, 0.15) is 12.5 Å². The van der Waals surface area contributed by atoms with Crippen molar-refractivity contribution in [3.05, 3.63) is 65.2 Å². The molecule has 0 heterocycles. The number of nitrogens with one attached hydrogen (secondary N) is 1. The Labute approximate surface area is 134 Å². The van der Waals surface area contributed by atoms with Gasteiger partial charge in [0, 0.05) is 16.5 Å². The normalized spacial score (nSPS) is 11.9. The second kappa shape index (κ2) is 8.11. The standard InChI is InChI=1S/C17H18ClNOS/c1-13(21-16-9-7-15(18)8-10-16)17(20)19-12-11-14-5-3-2-4-6-14/h2-10,13H,11-12H2,1H3,(H,19,20). The smallest absolute Gasteiger partial charge is 0.233 e. The van der Waals surface area contributed by atoms with Crippen molar-refractivity contribution in [1.82, 2.24) is 5.32 Å². The number of rotatable bonds is 6. The van der Waals surface area contributed by atoms with Crippen molar-refractivity contribution in [3.8, 4) is 0 Å². The predicted molar refractivity (Wildman–Crippen MR) is 89.9 cm³/mol. The maximum Gasteiger partial charge on any atom is 0.233 e. The Hall–Kier alpha value is -1.45. The zero-order valence-electron chi connectivity index (χ0n) is 11.9. The largest absolute Gasteiger partial charge is 0.355 e. The summed E-state index contributed by atoms with van der Waals surface area (Å²) in [6, 6.07) is 17.7. The topological polar surface area (TPSA) is 29.1 Å². The maximum absolute atomic E-state index is 12.0. The van der Waals surface area contributed by atoms with Gasteiger partial charge in [-0.05, 0) is 43.2 Å². The molecule has 2 nitrogen and oxygen atoms in total. The number of carbonyl (C=O) groups excluding carboxylic acids is 1. The first kappa shape index (κ1) is 15.9. The zero-order valence-corrected chi connectivity index (χ0v) is 13.5. The summed E-state index contributed by atoms with van der Waals surface area (Å²) in [6.45, 7) is 2.57. The molecule has 2 aromatic rings. The van der Waals surface area contributed by atoms with Crippen molar-refractivity contribution in [2.24, 2.45) is 0 Å². The van der Waals surface area contributed by atoms with Gasteiger partial charge >= 0.3 is 0 Å². The second-order valence-corrected chi connectivity index (χ2v) is 6.59. The molecule has 4 heteroatoms. The van der Waals surface area contributed by atoms with Crippen LogP contribution in [0.2, 0.25) is 5.02 Å². The highest BCUT2D eigenvalue weighted by Crippen LogP contribution is 2.24. The zero-order chi connectivity index (χ0) is 15.1. The first-order chi connectivity index (χ1) is 10.1. The molecule has 0 aliphatic rings. The van der Waals surface area contributed by atoms with E-state index in [0.717, 1.165) is 11.3 Å². The Morgan fingerprint density at radius 1 is 1.14 bits per heavy atom. The number of carbonyl (C=O) groups is 1. The van der Waals surface area contributed by atoms with Crippen molar-refractivity contribution in [2.75, 3.05) is 6.54 Å². The predicted octanol–water partition coefficient (Wildman–Crippen LogP) is 4.18. The van der Waals surface area contributed by atoms with E-state index >= 15 is 0 Å². The molecule has 0 saturated heterocycles. The Balaban J connectivity index is 1.76. The van der Waals surface area contributed by atoms with Crippen LogP contribution in [0.15, 0.2) is 59.5 Å². The number of halogens is 1. The molecule has 0 saturated carbocycles. The SMILES string of the molecule is CC(Sc1ccc(Cl)cc1)C(=O)NCCc1ccccc1. The van der Waals surface area contributed by atoms with Gasteiger partial charge < -0.3 is 5.32 Å². The van der Waals surface area contributed by atoms with Crippen LogP contribution in [0, 0.1) is 0 Å². The average molecular weight is 320 g/mol. The van der Waals surface area contributed by atoms with E-state index in [9.17, 15) is 4.79 Å². The summed E-state index contributed by atoms with van der Waals surface area (Å²) in [6.07, 6.45) is 0.852. The van der Waals surface area contributed by atoms with Gasteiger partial charge in [0.25, 0.3) is 0 Å². The lowest BCUT2D eigenvalue weighted by Gasteiger charge is -2.12. The van der Waals surface area contributed by atoms with E-state index < -0.39 is 0 Å². The van der Waals surface area contributed by atoms with Gasteiger partial charge in [0.15, 0.2) is 0 Å². The van der Waals surface area contributed by atoms with Gasteiger partial charge in [-0.2, -0.15) is 0 Å². The van der Waals surface area contributed by atoms with Crippen LogP contribution >= 0.6 is 23.4 Å². The van der Waals surface area contributed by atoms with Gasteiger partial charge in [0.1, 0.15) is 0 Å². The minimum Gasteiger partial charge on any atom is -0.355 e. The Bertz CT molecular complexity index is 571. The van der Waals surface area contributed by atoms with Gasteiger partial charge in [-0.3, -0.25) is 4.79 Å². The molecule has 21 heavy (non-hydrogen) atoms. The Kier molecular flexibility index (Phi) is 6.15. The van der Waals surface area contributed by atoms with E-state index in [2.05, 4.69) is 17.4 Å². The van der Waals surface area contributed by atoms with E-state index in [0.29, 0.717) is 11.6 Å². The van der Waals surface area contributed by atoms with Gasteiger partial charge in [-0.25, -0.2) is 0 Å². The summed E-state index contributed by atoms with van der Waals surface area (Å²) < 4.78 is 0.